The number of rotatable bonds is 4. The Balaban J connectivity index is 2.39. The van der Waals surface area contributed by atoms with E-state index in [0.29, 0.717) is 16.9 Å². The van der Waals surface area contributed by atoms with Crippen LogP contribution in [0.25, 0.3) is 12.2 Å². The Bertz CT molecular complexity index is 711. The number of methoxy groups -OCH3 is 1. The molecule has 0 saturated carbocycles. The van der Waals surface area contributed by atoms with Crippen LogP contribution >= 0.6 is 0 Å². The molecule has 0 spiro atoms. The van der Waals surface area contributed by atoms with Gasteiger partial charge < -0.3 is 10.5 Å². The number of amides is 1. The van der Waals surface area contributed by atoms with Gasteiger partial charge in [0.15, 0.2) is 0 Å². The predicted molar refractivity (Wildman–Crippen MR) is 76.8 cm³/mol. The molecule has 0 aromatic heterocycles. The van der Waals surface area contributed by atoms with Crippen molar-refractivity contribution < 1.29 is 18.3 Å². The van der Waals surface area contributed by atoms with Crippen LogP contribution in [0.1, 0.15) is 21.5 Å². The smallest absolute Gasteiger partial charge is 0.248 e. The van der Waals surface area contributed by atoms with E-state index >= 15 is 0 Å². The van der Waals surface area contributed by atoms with Gasteiger partial charge in [-0.1, -0.05) is 12.2 Å². The fourth-order valence-corrected chi connectivity index (χ4v) is 1.83. The summed E-state index contributed by atoms with van der Waals surface area (Å²) in [4.78, 5) is 11.2. The van der Waals surface area contributed by atoms with E-state index < -0.39 is 17.5 Å². The summed E-state index contributed by atoms with van der Waals surface area (Å²) in [6.07, 6.45) is 3.04. The number of hydrogen-bond acceptors (Lipinski definition) is 2. The van der Waals surface area contributed by atoms with Crippen molar-refractivity contribution in [2.24, 2.45) is 5.73 Å². The first-order valence-electron chi connectivity index (χ1n) is 6.12. The average Bonchev–Trinajstić information content (AvgIpc) is 2.46. The molecular weight excluding hydrogens is 276 g/mol. The van der Waals surface area contributed by atoms with Crippen LogP contribution in [0.4, 0.5) is 8.78 Å². The Kier molecular flexibility index (Phi) is 4.33. The van der Waals surface area contributed by atoms with Crippen molar-refractivity contribution in [2.45, 2.75) is 0 Å². The van der Waals surface area contributed by atoms with Gasteiger partial charge in [-0.3, -0.25) is 4.79 Å². The summed E-state index contributed by atoms with van der Waals surface area (Å²) in [7, 11) is 1.48. The second-order valence-corrected chi connectivity index (χ2v) is 4.32. The molecule has 2 aromatic carbocycles. The van der Waals surface area contributed by atoms with Crippen molar-refractivity contribution in [1.82, 2.24) is 0 Å². The van der Waals surface area contributed by atoms with Gasteiger partial charge in [-0.25, -0.2) is 8.78 Å². The van der Waals surface area contributed by atoms with Gasteiger partial charge in [0.25, 0.3) is 0 Å². The van der Waals surface area contributed by atoms with Gasteiger partial charge >= 0.3 is 0 Å². The SMILES string of the molecule is COc1ccc(C(N)=O)cc1C=Cc1ccc(F)cc1F. The normalized spacial score (nSPS) is 10.8. The second kappa shape index (κ2) is 6.17. The van der Waals surface area contributed by atoms with Crippen LogP contribution in [0.2, 0.25) is 0 Å². The molecule has 5 heteroatoms. The highest BCUT2D eigenvalue weighted by atomic mass is 19.1. The van der Waals surface area contributed by atoms with Crippen LogP contribution in [-0.4, -0.2) is 13.0 Å². The van der Waals surface area contributed by atoms with Crippen LogP contribution in [0.5, 0.6) is 5.75 Å². The van der Waals surface area contributed by atoms with Gasteiger partial charge in [0.05, 0.1) is 7.11 Å². The third-order valence-electron chi connectivity index (χ3n) is 2.92. The largest absolute Gasteiger partial charge is 0.496 e. The lowest BCUT2D eigenvalue weighted by molar-refractivity contribution is 0.1000. The summed E-state index contributed by atoms with van der Waals surface area (Å²) in [6, 6.07) is 7.97. The molecule has 0 saturated heterocycles. The number of carbonyl (C=O) groups excluding carboxylic acids is 1. The minimum Gasteiger partial charge on any atom is -0.496 e. The maximum Gasteiger partial charge on any atom is 0.248 e. The van der Waals surface area contributed by atoms with Crippen molar-refractivity contribution in [2.75, 3.05) is 7.11 Å². The first-order valence-corrected chi connectivity index (χ1v) is 6.12. The summed E-state index contributed by atoms with van der Waals surface area (Å²) < 4.78 is 31.5. The maximum absolute atomic E-state index is 13.5. The van der Waals surface area contributed by atoms with Crippen LogP contribution in [0, 0.1) is 11.6 Å². The van der Waals surface area contributed by atoms with Crippen LogP contribution < -0.4 is 10.5 Å². The quantitative estimate of drug-likeness (QED) is 0.878. The molecule has 2 rings (SSSR count). The molecule has 0 atom stereocenters. The lowest BCUT2D eigenvalue weighted by atomic mass is 10.1. The van der Waals surface area contributed by atoms with Crippen LogP contribution in [-0.2, 0) is 0 Å². The summed E-state index contributed by atoms with van der Waals surface area (Å²) in [5.41, 5.74) is 6.32. The summed E-state index contributed by atoms with van der Waals surface area (Å²) in [5.74, 6) is -1.37. The zero-order valence-corrected chi connectivity index (χ0v) is 11.3. The Morgan fingerprint density at radius 3 is 2.43 bits per heavy atom. The number of halogens is 2. The minimum absolute atomic E-state index is 0.225. The van der Waals surface area contributed by atoms with Gasteiger partial charge in [0.2, 0.25) is 5.91 Å². The first kappa shape index (κ1) is 14.7. The van der Waals surface area contributed by atoms with E-state index in [0.717, 1.165) is 6.07 Å². The van der Waals surface area contributed by atoms with E-state index in [4.69, 9.17) is 10.5 Å². The van der Waals surface area contributed by atoms with Crippen LogP contribution in [0.15, 0.2) is 36.4 Å². The Labute approximate surface area is 120 Å². The van der Waals surface area contributed by atoms with Crippen molar-refractivity contribution >= 4 is 18.1 Å². The highest BCUT2D eigenvalue weighted by Gasteiger charge is 2.06. The van der Waals surface area contributed by atoms with E-state index in [2.05, 4.69) is 0 Å². The lowest BCUT2D eigenvalue weighted by Crippen LogP contribution is -2.10. The zero-order valence-electron chi connectivity index (χ0n) is 11.3. The third-order valence-corrected chi connectivity index (χ3v) is 2.92. The monoisotopic (exact) mass is 289 g/mol. The van der Waals surface area contributed by atoms with Crippen molar-refractivity contribution in [3.05, 3.63) is 64.7 Å². The molecule has 0 bridgehead atoms. The minimum atomic E-state index is -0.670. The number of nitrogens with two attached hydrogens (primary N) is 1. The number of primary amides is 1. The average molecular weight is 289 g/mol. The molecule has 2 N–H and O–H groups in total. The standard InChI is InChI=1S/C16H13F2NO2/c1-21-15-7-5-12(16(19)20)8-11(15)3-2-10-4-6-13(17)9-14(10)18/h2-9H,1H3,(H2,19,20). The summed E-state index contributed by atoms with van der Waals surface area (Å²) in [6.45, 7) is 0. The molecule has 0 aliphatic rings. The molecule has 0 unspecified atom stereocenters. The van der Waals surface area contributed by atoms with Crippen molar-refractivity contribution in [3.63, 3.8) is 0 Å². The number of carbonyl (C=O) groups is 1. The molecule has 0 aliphatic carbocycles. The van der Waals surface area contributed by atoms with E-state index in [1.807, 2.05) is 0 Å². The Morgan fingerprint density at radius 2 is 1.81 bits per heavy atom. The van der Waals surface area contributed by atoms with Gasteiger partial charge in [0, 0.05) is 22.8 Å². The molecule has 0 aliphatic heterocycles. The molecule has 2 aromatic rings. The van der Waals surface area contributed by atoms with Gasteiger partial charge in [-0.05, 0) is 30.3 Å². The molecule has 3 nitrogen and oxygen atoms in total. The number of benzene rings is 2. The molecular formula is C16H13F2NO2. The fraction of sp³-hybridized carbons (Fsp3) is 0.0625. The summed E-state index contributed by atoms with van der Waals surface area (Å²) >= 11 is 0. The molecule has 0 radical (unpaired) electrons. The van der Waals surface area contributed by atoms with E-state index in [1.165, 1.54) is 31.4 Å². The van der Waals surface area contributed by atoms with Gasteiger partial charge in [0.1, 0.15) is 17.4 Å². The molecule has 0 fully saturated rings. The lowest BCUT2D eigenvalue weighted by Gasteiger charge is -2.06. The highest BCUT2D eigenvalue weighted by Crippen LogP contribution is 2.23. The van der Waals surface area contributed by atoms with E-state index in [9.17, 15) is 13.6 Å². The van der Waals surface area contributed by atoms with Crippen LogP contribution in [0.3, 0.4) is 0 Å². The van der Waals surface area contributed by atoms with E-state index in [-0.39, 0.29) is 5.56 Å². The van der Waals surface area contributed by atoms with Crippen molar-refractivity contribution in [1.29, 1.82) is 0 Å². The number of ether oxygens (including phenoxy) is 1. The molecule has 1 amide bonds. The maximum atomic E-state index is 13.5. The molecule has 21 heavy (non-hydrogen) atoms. The predicted octanol–water partition coefficient (Wildman–Crippen LogP) is 3.24. The Hall–Kier alpha value is -2.69. The topological polar surface area (TPSA) is 52.3 Å². The summed E-state index contributed by atoms with van der Waals surface area (Å²) in [5, 5.41) is 0. The Morgan fingerprint density at radius 1 is 1.10 bits per heavy atom. The fourth-order valence-electron chi connectivity index (χ4n) is 1.83. The third kappa shape index (κ3) is 3.45. The number of hydrogen-bond donors (Lipinski definition) is 1. The van der Waals surface area contributed by atoms with Gasteiger partial charge in [-0.15, -0.1) is 0 Å². The molecule has 0 heterocycles. The zero-order chi connectivity index (χ0) is 15.4. The van der Waals surface area contributed by atoms with E-state index in [1.54, 1.807) is 18.2 Å². The molecule has 108 valence electrons. The second-order valence-electron chi connectivity index (χ2n) is 4.32. The van der Waals surface area contributed by atoms with Crippen molar-refractivity contribution in [3.8, 4) is 5.75 Å². The highest BCUT2D eigenvalue weighted by molar-refractivity contribution is 5.94. The van der Waals surface area contributed by atoms with Gasteiger partial charge in [-0.2, -0.15) is 0 Å². The first-order chi connectivity index (χ1) is 10.0.